The number of phenols is 1. The van der Waals surface area contributed by atoms with Crippen molar-refractivity contribution in [3.05, 3.63) is 70.8 Å². The molecule has 0 amide bonds. The summed E-state index contributed by atoms with van der Waals surface area (Å²) >= 11 is 4.92. The SMILES string of the molecule is CCCC1CC(C)C(=C(c2ccc(O)cc2)c2ccc(/C=N/NC(=S)NN)cc2)C(C)C1. The van der Waals surface area contributed by atoms with Crippen molar-refractivity contribution in [2.75, 3.05) is 0 Å². The molecule has 2 atom stereocenters. The highest BCUT2D eigenvalue weighted by Gasteiger charge is 2.30. The lowest BCUT2D eigenvalue weighted by Crippen LogP contribution is -2.37. The first-order valence-corrected chi connectivity index (χ1v) is 11.8. The molecule has 0 radical (unpaired) electrons. The maximum absolute atomic E-state index is 9.83. The van der Waals surface area contributed by atoms with Crippen LogP contribution in [-0.2, 0) is 0 Å². The summed E-state index contributed by atoms with van der Waals surface area (Å²) in [7, 11) is 0. The van der Waals surface area contributed by atoms with Gasteiger partial charge in [-0.2, -0.15) is 5.10 Å². The fourth-order valence-corrected chi connectivity index (χ4v) is 5.09. The number of nitrogens with one attached hydrogen (secondary N) is 2. The third-order valence-corrected chi connectivity index (χ3v) is 6.50. The number of thiocarbonyl (C=S) groups is 1. The summed E-state index contributed by atoms with van der Waals surface area (Å²) in [5.74, 6) is 7.37. The average molecular weight is 451 g/mol. The molecular weight excluding hydrogens is 416 g/mol. The second kappa shape index (κ2) is 11.2. The quantitative estimate of drug-likeness (QED) is 0.206. The minimum atomic E-state index is 0.263. The Hall–Kier alpha value is -2.70. The molecule has 0 aliphatic heterocycles. The number of hydrogen-bond donors (Lipinski definition) is 4. The Labute approximate surface area is 196 Å². The first-order chi connectivity index (χ1) is 15.4. The lowest BCUT2D eigenvalue weighted by atomic mass is 9.68. The molecule has 0 bridgehead atoms. The third kappa shape index (κ3) is 5.96. The van der Waals surface area contributed by atoms with Crippen LogP contribution >= 0.6 is 12.2 Å². The fraction of sp³-hybridized carbons (Fsp3) is 0.385. The number of rotatable bonds is 6. The number of hydrazone groups is 1. The molecule has 3 rings (SSSR count). The Morgan fingerprint density at radius 2 is 1.62 bits per heavy atom. The monoisotopic (exact) mass is 450 g/mol. The second-order valence-corrected chi connectivity index (χ2v) is 9.18. The smallest absolute Gasteiger partial charge is 0.201 e. The molecule has 1 saturated carbocycles. The van der Waals surface area contributed by atoms with Crippen molar-refractivity contribution < 1.29 is 5.11 Å². The highest BCUT2D eigenvalue weighted by atomic mass is 32.1. The molecule has 1 fully saturated rings. The molecule has 170 valence electrons. The number of allylic oxidation sites excluding steroid dienone is 1. The van der Waals surface area contributed by atoms with Gasteiger partial charge >= 0.3 is 0 Å². The van der Waals surface area contributed by atoms with E-state index in [0.29, 0.717) is 11.8 Å². The van der Waals surface area contributed by atoms with Crippen molar-refractivity contribution in [1.29, 1.82) is 0 Å². The molecular formula is C26H34N4OS. The van der Waals surface area contributed by atoms with Gasteiger partial charge < -0.3 is 5.11 Å². The van der Waals surface area contributed by atoms with Crippen molar-refractivity contribution in [3.8, 4) is 5.75 Å². The van der Waals surface area contributed by atoms with Gasteiger partial charge in [-0.3, -0.25) is 10.9 Å². The molecule has 5 N–H and O–H groups in total. The Kier molecular flexibility index (Phi) is 8.42. The van der Waals surface area contributed by atoms with Crippen LogP contribution in [0, 0.1) is 17.8 Å². The van der Waals surface area contributed by atoms with Crippen LogP contribution in [0.3, 0.4) is 0 Å². The number of nitrogens with two attached hydrogens (primary N) is 1. The van der Waals surface area contributed by atoms with Gasteiger partial charge in [0.2, 0.25) is 5.11 Å². The Balaban J connectivity index is 1.98. The Morgan fingerprint density at radius 3 is 2.16 bits per heavy atom. The van der Waals surface area contributed by atoms with E-state index in [1.54, 1.807) is 18.3 Å². The first-order valence-electron chi connectivity index (χ1n) is 11.4. The molecule has 5 nitrogen and oxygen atoms in total. The molecule has 32 heavy (non-hydrogen) atoms. The second-order valence-electron chi connectivity index (χ2n) is 8.77. The zero-order valence-corrected chi connectivity index (χ0v) is 20.0. The van der Waals surface area contributed by atoms with Crippen LogP contribution in [-0.4, -0.2) is 16.4 Å². The minimum absolute atomic E-state index is 0.263. The maximum atomic E-state index is 9.83. The van der Waals surface area contributed by atoms with E-state index in [4.69, 9.17) is 18.1 Å². The van der Waals surface area contributed by atoms with E-state index in [1.165, 1.54) is 42.4 Å². The zero-order valence-electron chi connectivity index (χ0n) is 19.1. The van der Waals surface area contributed by atoms with Gasteiger partial charge in [-0.25, -0.2) is 5.84 Å². The maximum Gasteiger partial charge on any atom is 0.201 e. The zero-order chi connectivity index (χ0) is 23.1. The number of hydrogen-bond acceptors (Lipinski definition) is 4. The van der Waals surface area contributed by atoms with Gasteiger partial charge in [-0.15, -0.1) is 0 Å². The number of hydrazine groups is 1. The van der Waals surface area contributed by atoms with E-state index < -0.39 is 0 Å². The van der Waals surface area contributed by atoms with Crippen LogP contribution in [0.2, 0.25) is 0 Å². The minimum Gasteiger partial charge on any atom is -0.508 e. The normalized spacial score (nSPS) is 20.9. The van der Waals surface area contributed by atoms with Crippen LogP contribution in [0.15, 0.2) is 59.2 Å². The molecule has 1 aliphatic rings. The summed E-state index contributed by atoms with van der Waals surface area (Å²) < 4.78 is 0. The molecule has 6 heteroatoms. The highest BCUT2D eigenvalue weighted by Crippen LogP contribution is 2.44. The molecule has 2 aromatic rings. The van der Waals surface area contributed by atoms with E-state index in [0.717, 1.165) is 17.0 Å². The van der Waals surface area contributed by atoms with Crippen LogP contribution in [0.5, 0.6) is 5.75 Å². The Morgan fingerprint density at radius 1 is 1.06 bits per heavy atom. The van der Waals surface area contributed by atoms with Crippen LogP contribution < -0.4 is 16.7 Å². The average Bonchev–Trinajstić information content (AvgIpc) is 2.78. The molecule has 0 saturated heterocycles. The molecule has 1 aliphatic carbocycles. The number of nitrogens with zero attached hydrogens (tertiary/aromatic N) is 1. The summed E-state index contributed by atoms with van der Waals surface area (Å²) in [6.07, 6.45) is 6.74. The van der Waals surface area contributed by atoms with Crippen molar-refractivity contribution in [2.24, 2.45) is 28.7 Å². The van der Waals surface area contributed by atoms with Gasteiger partial charge in [0.15, 0.2) is 0 Å². The lowest BCUT2D eigenvalue weighted by molar-refractivity contribution is 0.277. The van der Waals surface area contributed by atoms with Crippen molar-refractivity contribution in [1.82, 2.24) is 10.9 Å². The van der Waals surface area contributed by atoms with E-state index in [1.807, 2.05) is 12.1 Å². The van der Waals surface area contributed by atoms with Crippen LogP contribution in [0.25, 0.3) is 5.57 Å². The highest BCUT2D eigenvalue weighted by molar-refractivity contribution is 7.80. The van der Waals surface area contributed by atoms with Gasteiger partial charge in [-0.05, 0) is 77.2 Å². The predicted molar refractivity (Wildman–Crippen MR) is 137 cm³/mol. The summed E-state index contributed by atoms with van der Waals surface area (Å²) in [5, 5.41) is 14.2. The standard InChI is InChI=1S/C26H34N4OS/c1-4-5-20-14-17(2)24(18(3)15-20)25(22-10-12-23(31)13-11-22)21-8-6-19(7-9-21)16-28-30-26(32)29-27/h6-13,16-18,20,31H,4-5,14-15,27H2,1-3H3,(H2,29,30,32)/b25-24?,28-16+. The first kappa shape index (κ1) is 24.0. The summed E-state index contributed by atoms with van der Waals surface area (Å²) in [6, 6.07) is 16.0. The molecule has 0 spiro atoms. The summed E-state index contributed by atoms with van der Waals surface area (Å²) in [5.41, 5.74) is 11.1. The predicted octanol–water partition coefficient (Wildman–Crippen LogP) is 5.35. The Bertz CT molecular complexity index is 952. The topological polar surface area (TPSA) is 82.7 Å². The van der Waals surface area contributed by atoms with Gasteiger partial charge in [-0.1, -0.05) is 75.6 Å². The van der Waals surface area contributed by atoms with Crippen molar-refractivity contribution in [2.45, 2.75) is 46.5 Å². The van der Waals surface area contributed by atoms with Crippen molar-refractivity contribution >= 4 is 29.1 Å². The van der Waals surface area contributed by atoms with E-state index in [2.05, 4.69) is 61.0 Å². The van der Waals surface area contributed by atoms with Gasteiger partial charge in [0.05, 0.1) is 6.21 Å². The molecule has 2 unspecified atom stereocenters. The van der Waals surface area contributed by atoms with Gasteiger partial charge in [0.1, 0.15) is 5.75 Å². The summed E-state index contributed by atoms with van der Waals surface area (Å²) in [6.45, 7) is 7.02. The van der Waals surface area contributed by atoms with Gasteiger partial charge in [0.25, 0.3) is 0 Å². The van der Waals surface area contributed by atoms with E-state index >= 15 is 0 Å². The molecule has 0 aromatic heterocycles. The number of benzene rings is 2. The fourth-order valence-electron chi connectivity index (χ4n) is 5.03. The van der Waals surface area contributed by atoms with Crippen molar-refractivity contribution in [3.63, 3.8) is 0 Å². The van der Waals surface area contributed by atoms with Crippen LogP contribution in [0.1, 0.15) is 63.1 Å². The largest absolute Gasteiger partial charge is 0.508 e. The summed E-state index contributed by atoms with van der Waals surface area (Å²) in [4.78, 5) is 0. The molecule has 2 aromatic carbocycles. The van der Waals surface area contributed by atoms with E-state index in [-0.39, 0.29) is 10.9 Å². The lowest BCUT2D eigenvalue weighted by Gasteiger charge is -2.36. The third-order valence-electron chi connectivity index (χ3n) is 6.29. The van der Waals surface area contributed by atoms with Crippen LogP contribution in [0.4, 0.5) is 0 Å². The molecule has 0 heterocycles. The number of phenolic OH excluding ortho intramolecular Hbond substituents is 1. The van der Waals surface area contributed by atoms with Gasteiger partial charge in [0, 0.05) is 0 Å². The van der Waals surface area contributed by atoms with E-state index in [9.17, 15) is 5.11 Å². The number of aromatic hydroxyl groups is 1.